The summed E-state index contributed by atoms with van der Waals surface area (Å²) in [6.45, 7) is 1.88. The van der Waals surface area contributed by atoms with E-state index in [1.54, 1.807) is 29.2 Å². The Bertz CT molecular complexity index is 1170. The summed E-state index contributed by atoms with van der Waals surface area (Å²) in [5, 5.41) is 11.4. The van der Waals surface area contributed by atoms with Gasteiger partial charge in [-0.2, -0.15) is 0 Å². The first-order chi connectivity index (χ1) is 14.5. The van der Waals surface area contributed by atoms with E-state index < -0.39 is 4.92 Å². The lowest BCUT2D eigenvalue weighted by molar-refractivity contribution is -0.384. The number of para-hydroxylation sites is 1. The Balaban J connectivity index is 1.74. The highest BCUT2D eigenvalue weighted by atomic mass is 32.2. The fourth-order valence-corrected chi connectivity index (χ4v) is 3.88. The molecule has 0 atom stereocenters. The number of anilines is 1. The molecule has 7 nitrogen and oxygen atoms in total. The fourth-order valence-electron chi connectivity index (χ4n) is 2.89. The number of rotatable bonds is 4. The van der Waals surface area contributed by atoms with Crippen LogP contribution in [0.5, 0.6) is 0 Å². The van der Waals surface area contributed by atoms with Crippen molar-refractivity contribution in [3.8, 4) is 0 Å². The van der Waals surface area contributed by atoms with Gasteiger partial charge in [0.25, 0.3) is 11.6 Å². The monoisotopic (exact) mass is 416 g/mol. The van der Waals surface area contributed by atoms with Gasteiger partial charge in [-0.1, -0.05) is 24.3 Å². The van der Waals surface area contributed by atoms with Gasteiger partial charge in [0.15, 0.2) is 11.0 Å². The number of nitro benzene ring substituents is 1. The second kappa shape index (κ2) is 8.30. The molecule has 1 amide bonds. The quantitative estimate of drug-likeness (QED) is 0.335. The molecule has 1 fully saturated rings. The number of aryl methyl sites for hydroxylation is 1. The Hall–Kier alpha value is -3.78. The van der Waals surface area contributed by atoms with E-state index in [-0.39, 0.29) is 11.6 Å². The van der Waals surface area contributed by atoms with Gasteiger partial charge >= 0.3 is 0 Å². The van der Waals surface area contributed by atoms with Crippen molar-refractivity contribution in [1.82, 2.24) is 4.98 Å². The average Bonchev–Trinajstić information content (AvgIpc) is 3.03. The highest BCUT2D eigenvalue weighted by molar-refractivity contribution is 8.19. The van der Waals surface area contributed by atoms with Crippen molar-refractivity contribution in [1.29, 1.82) is 0 Å². The van der Waals surface area contributed by atoms with E-state index >= 15 is 0 Å². The van der Waals surface area contributed by atoms with E-state index in [0.29, 0.717) is 27.1 Å². The predicted molar refractivity (Wildman–Crippen MR) is 119 cm³/mol. The minimum atomic E-state index is -0.455. The molecular weight excluding hydrogens is 400 g/mol. The van der Waals surface area contributed by atoms with E-state index in [4.69, 9.17) is 0 Å². The molecule has 2 aromatic carbocycles. The SMILES string of the molecule is Cc1cccc(/N=C2/S/C(=C\c3ccc([N+](=O)[O-])cc3)C(=O)N2c2ccccc2)n1. The van der Waals surface area contributed by atoms with E-state index in [2.05, 4.69) is 9.98 Å². The van der Waals surface area contributed by atoms with Gasteiger partial charge in [0.1, 0.15) is 0 Å². The maximum absolute atomic E-state index is 13.2. The van der Waals surface area contributed by atoms with Crippen molar-refractivity contribution in [3.05, 3.63) is 99.1 Å². The third kappa shape index (κ3) is 4.13. The van der Waals surface area contributed by atoms with Gasteiger partial charge in [-0.05, 0) is 66.7 Å². The number of thioether (sulfide) groups is 1. The van der Waals surface area contributed by atoms with Crippen molar-refractivity contribution in [2.24, 2.45) is 4.99 Å². The van der Waals surface area contributed by atoms with E-state index in [9.17, 15) is 14.9 Å². The molecule has 3 aromatic rings. The molecule has 1 saturated heterocycles. The lowest BCUT2D eigenvalue weighted by Crippen LogP contribution is -2.28. The number of benzene rings is 2. The summed E-state index contributed by atoms with van der Waals surface area (Å²) in [5.41, 5.74) is 2.23. The fraction of sp³-hybridized carbons (Fsp3) is 0.0455. The van der Waals surface area contributed by atoms with Crippen LogP contribution in [0.1, 0.15) is 11.3 Å². The highest BCUT2D eigenvalue weighted by Gasteiger charge is 2.34. The number of hydrogen-bond acceptors (Lipinski definition) is 6. The molecule has 0 N–H and O–H groups in total. The van der Waals surface area contributed by atoms with Crippen molar-refractivity contribution in [2.75, 3.05) is 4.90 Å². The summed E-state index contributed by atoms with van der Waals surface area (Å²) in [6, 6.07) is 20.9. The molecule has 0 bridgehead atoms. The molecule has 0 aliphatic carbocycles. The standard InChI is InChI=1S/C22H16N4O3S/c1-15-6-5-9-20(23-15)24-22-25(17-7-3-2-4-8-17)21(27)19(30-22)14-16-10-12-18(13-11-16)26(28)29/h2-14H,1H3/b19-14-,24-22+. The Kier molecular flexibility index (Phi) is 5.40. The number of hydrogen-bond donors (Lipinski definition) is 0. The molecule has 148 valence electrons. The molecular formula is C22H16N4O3S. The smallest absolute Gasteiger partial charge is 0.268 e. The number of carbonyl (C=O) groups is 1. The first-order valence-electron chi connectivity index (χ1n) is 9.07. The lowest BCUT2D eigenvalue weighted by atomic mass is 10.2. The second-order valence-electron chi connectivity index (χ2n) is 6.47. The van der Waals surface area contributed by atoms with Crippen LogP contribution in [0.2, 0.25) is 0 Å². The minimum Gasteiger partial charge on any atom is -0.268 e. The van der Waals surface area contributed by atoms with Crippen LogP contribution in [0, 0.1) is 17.0 Å². The van der Waals surface area contributed by atoms with Crippen LogP contribution >= 0.6 is 11.8 Å². The molecule has 4 rings (SSSR count). The van der Waals surface area contributed by atoms with Gasteiger partial charge in [0, 0.05) is 17.8 Å². The zero-order valence-electron chi connectivity index (χ0n) is 15.9. The number of amidine groups is 1. The van der Waals surface area contributed by atoms with Crippen LogP contribution < -0.4 is 4.90 Å². The molecule has 30 heavy (non-hydrogen) atoms. The maximum Gasteiger partial charge on any atom is 0.271 e. The van der Waals surface area contributed by atoms with Crippen LogP contribution in [0.25, 0.3) is 6.08 Å². The Morgan fingerprint density at radius 3 is 2.43 bits per heavy atom. The van der Waals surface area contributed by atoms with Crippen molar-refractivity contribution >= 4 is 46.1 Å². The van der Waals surface area contributed by atoms with Gasteiger partial charge in [-0.3, -0.25) is 19.8 Å². The van der Waals surface area contributed by atoms with Crippen LogP contribution in [-0.4, -0.2) is 21.0 Å². The molecule has 1 aliphatic rings. The van der Waals surface area contributed by atoms with Crippen LogP contribution in [0.15, 0.2) is 82.7 Å². The van der Waals surface area contributed by atoms with Gasteiger partial charge in [-0.25, -0.2) is 9.98 Å². The predicted octanol–water partition coefficient (Wildman–Crippen LogP) is 5.11. The molecule has 0 unspecified atom stereocenters. The Morgan fingerprint density at radius 1 is 1.03 bits per heavy atom. The minimum absolute atomic E-state index is 0.00115. The molecule has 0 saturated carbocycles. The van der Waals surface area contributed by atoms with E-state index in [1.165, 1.54) is 23.9 Å². The normalized spacial score (nSPS) is 16.4. The number of non-ortho nitro benzene ring substituents is 1. The Labute approximate surface area is 176 Å². The number of amides is 1. The van der Waals surface area contributed by atoms with Crippen molar-refractivity contribution < 1.29 is 9.72 Å². The number of carbonyl (C=O) groups excluding carboxylic acids is 1. The van der Waals surface area contributed by atoms with Crippen LogP contribution in [0.3, 0.4) is 0 Å². The van der Waals surface area contributed by atoms with Gasteiger partial charge < -0.3 is 0 Å². The maximum atomic E-state index is 13.2. The molecule has 1 aromatic heterocycles. The summed E-state index contributed by atoms with van der Waals surface area (Å²) in [4.78, 5) is 34.6. The van der Waals surface area contributed by atoms with Crippen molar-refractivity contribution in [3.63, 3.8) is 0 Å². The molecule has 2 heterocycles. The van der Waals surface area contributed by atoms with Gasteiger partial charge in [0.2, 0.25) is 0 Å². The van der Waals surface area contributed by atoms with E-state index in [1.807, 2.05) is 49.4 Å². The third-order valence-corrected chi connectivity index (χ3v) is 5.28. The first-order valence-corrected chi connectivity index (χ1v) is 9.89. The highest BCUT2D eigenvalue weighted by Crippen LogP contribution is 2.37. The lowest BCUT2D eigenvalue weighted by Gasteiger charge is -2.15. The van der Waals surface area contributed by atoms with E-state index in [0.717, 1.165) is 5.69 Å². The number of aliphatic imine (C=N–C) groups is 1. The zero-order valence-corrected chi connectivity index (χ0v) is 16.7. The molecule has 0 spiro atoms. The summed E-state index contributed by atoms with van der Waals surface area (Å²) in [7, 11) is 0. The second-order valence-corrected chi connectivity index (χ2v) is 7.48. The van der Waals surface area contributed by atoms with Gasteiger partial charge in [0.05, 0.1) is 15.5 Å². The number of pyridine rings is 1. The summed E-state index contributed by atoms with van der Waals surface area (Å²) in [5.74, 6) is 0.304. The molecule has 8 heteroatoms. The Morgan fingerprint density at radius 2 is 1.77 bits per heavy atom. The van der Waals surface area contributed by atoms with Gasteiger partial charge in [-0.15, -0.1) is 0 Å². The molecule has 0 radical (unpaired) electrons. The number of nitro groups is 1. The summed E-state index contributed by atoms with van der Waals surface area (Å²) < 4.78 is 0. The zero-order chi connectivity index (χ0) is 21.1. The number of nitrogens with zero attached hydrogens (tertiary/aromatic N) is 4. The average molecular weight is 416 g/mol. The molecule has 1 aliphatic heterocycles. The topological polar surface area (TPSA) is 88.7 Å². The summed E-state index contributed by atoms with van der Waals surface area (Å²) in [6.07, 6.45) is 1.71. The third-order valence-electron chi connectivity index (χ3n) is 4.31. The largest absolute Gasteiger partial charge is 0.271 e. The summed E-state index contributed by atoms with van der Waals surface area (Å²) >= 11 is 1.24. The van der Waals surface area contributed by atoms with Crippen molar-refractivity contribution in [2.45, 2.75) is 6.92 Å². The first kappa shape index (κ1) is 19.5. The van der Waals surface area contributed by atoms with Crippen LogP contribution in [-0.2, 0) is 4.79 Å². The number of aromatic nitrogens is 1. The van der Waals surface area contributed by atoms with Crippen LogP contribution in [0.4, 0.5) is 17.2 Å².